The van der Waals surface area contributed by atoms with Gasteiger partial charge < -0.3 is 10.2 Å². The lowest BCUT2D eigenvalue weighted by molar-refractivity contribution is -0.141. The van der Waals surface area contributed by atoms with E-state index < -0.39 is 6.04 Å². The Morgan fingerprint density at radius 1 is 1.00 bits per heavy atom. The molecule has 0 heterocycles. The summed E-state index contributed by atoms with van der Waals surface area (Å²) in [4.78, 5) is 28.0. The topological polar surface area (TPSA) is 49.4 Å². The van der Waals surface area contributed by atoms with E-state index in [4.69, 9.17) is 0 Å². The summed E-state index contributed by atoms with van der Waals surface area (Å²) in [6, 6.07) is 16.1. The molecule has 0 bridgehead atoms. The van der Waals surface area contributed by atoms with Gasteiger partial charge in [0.2, 0.25) is 11.8 Å². The third-order valence-electron chi connectivity index (χ3n) is 5.98. The van der Waals surface area contributed by atoms with Crippen molar-refractivity contribution in [3.63, 3.8) is 0 Å². The molecule has 0 aliphatic heterocycles. The molecule has 2 aromatic rings. The lowest BCUT2D eigenvalue weighted by Crippen LogP contribution is -2.49. The molecule has 0 radical (unpaired) electrons. The summed E-state index contributed by atoms with van der Waals surface area (Å²) >= 11 is 0. The molecule has 0 spiro atoms. The number of nitrogens with zero attached hydrogens (tertiary/aromatic N) is 1. The maximum absolute atomic E-state index is 13.4. The van der Waals surface area contributed by atoms with Crippen LogP contribution < -0.4 is 5.32 Å². The molecule has 2 rings (SSSR count). The largest absolute Gasteiger partial charge is 0.354 e. The van der Waals surface area contributed by atoms with Crippen LogP contribution in [0.15, 0.2) is 48.5 Å². The first-order valence-corrected chi connectivity index (χ1v) is 11.9. The van der Waals surface area contributed by atoms with Gasteiger partial charge in [-0.25, -0.2) is 0 Å². The summed E-state index contributed by atoms with van der Waals surface area (Å²) in [6.45, 7) is 13.7. The van der Waals surface area contributed by atoms with Crippen LogP contribution in [-0.2, 0) is 28.0 Å². The fraction of sp³-hybridized carbons (Fsp3) is 0.500. The van der Waals surface area contributed by atoms with Gasteiger partial charge in [0.05, 0.1) is 0 Å². The zero-order valence-electron chi connectivity index (χ0n) is 20.7. The van der Waals surface area contributed by atoms with E-state index in [2.05, 4.69) is 50.4 Å². The minimum absolute atomic E-state index is 0.0200. The average molecular weight is 437 g/mol. The Hall–Kier alpha value is -2.62. The Kier molecular flexibility index (Phi) is 9.49. The number of carbonyl (C=O) groups excluding carboxylic acids is 2. The molecule has 0 aromatic heterocycles. The first-order valence-electron chi connectivity index (χ1n) is 11.9. The van der Waals surface area contributed by atoms with Gasteiger partial charge in [-0.15, -0.1) is 0 Å². The molecular formula is C28H40N2O2. The third-order valence-corrected chi connectivity index (χ3v) is 5.98. The normalized spacial score (nSPS) is 12.3. The number of carbonyl (C=O) groups is 2. The first-order chi connectivity index (χ1) is 15.2. The van der Waals surface area contributed by atoms with Crippen molar-refractivity contribution in [1.29, 1.82) is 0 Å². The number of benzene rings is 2. The molecule has 2 amide bonds. The summed E-state index contributed by atoms with van der Waals surface area (Å²) in [5, 5.41) is 2.98. The fourth-order valence-electron chi connectivity index (χ4n) is 3.82. The van der Waals surface area contributed by atoms with E-state index in [9.17, 15) is 9.59 Å². The SMILES string of the molecule is CCCNC(=O)[C@H](CC)N(Cc1ccccc1C)C(=O)CCc1ccc(C(C)(C)C)cc1. The second-order valence-electron chi connectivity index (χ2n) is 9.61. The van der Waals surface area contributed by atoms with Gasteiger partial charge in [-0.2, -0.15) is 0 Å². The predicted octanol–water partition coefficient (Wildman–Crippen LogP) is 5.56. The zero-order valence-corrected chi connectivity index (χ0v) is 20.7. The highest BCUT2D eigenvalue weighted by Gasteiger charge is 2.28. The predicted molar refractivity (Wildman–Crippen MR) is 133 cm³/mol. The summed E-state index contributed by atoms with van der Waals surface area (Å²) in [5.74, 6) is -0.0440. The van der Waals surface area contributed by atoms with E-state index in [0.29, 0.717) is 32.4 Å². The third kappa shape index (κ3) is 7.22. The van der Waals surface area contributed by atoms with Crippen LogP contribution in [0.2, 0.25) is 0 Å². The second-order valence-corrected chi connectivity index (χ2v) is 9.61. The number of rotatable bonds is 10. The molecule has 4 heteroatoms. The number of nitrogens with one attached hydrogen (secondary N) is 1. The van der Waals surface area contributed by atoms with Gasteiger partial charge in [0.25, 0.3) is 0 Å². The molecule has 0 aliphatic carbocycles. The van der Waals surface area contributed by atoms with E-state index in [-0.39, 0.29) is 17.2 Å². The Morgan fingerprint density at radius 3 is 2.22 bits per heavy atom. The average Bonchev–Trinajstić information content (AvgIpc) is 2.76. The molecule has 1 N–H and O–H groups in total. The fourth-order valence-corrected chi connectivity index (χ4v) is 3.82. The molecule has 174 valence electrons. The summed E-state index contributed by atoms with van der Waals surface area (Å²) in [5.41, 5.74) is 4.75. The summed E-state index contributed by atoms with van der Waals surface area (Å²) < 4.78 is 0. The van der Waals surface area contributed by atoms with Gasteiger partial charge in [0.1, 0.15) is 6.04 Å². The minimum atomic E-state index is -0.461. The van der Waals surface area contributed by atoms with E-state index in [0.717, 1.165) is 23.1 Å². The number of amides is 2. The number of aryl methyl sites for hydroxylation is 2. The van der Waals surface area contributed by atoms with Crippen molar-refractivity contribution in [2.45, 2.75) is 85.2 Å². The van der Waals surface area contributed by atoms with Crippen molar-refractivity contribution >= 4 is 11.8 Å². The van der Waals surface area contributed by atoms with Crippen molar-refractivity contribution in [2.75, 3.05) is 6.54 Å². The Bertz CT molecular complexity index is 881. The summed E-state index contributed by atoms with van der Waals surface area (Å²) in [6.07, 6.45) is 2.52. The molecule has 0 saturated heterocycles. The van der Waals surface area contributed by atoms with Crippen molar-refractivity contribution in [3.8, 4) is 0 Å². The van der Waals surface area contributed by atoms with Crippen molar-refractivity contribution < 1.29 is 9.59 Å². The van der Waals surface area contributed by atoms with E-state index in [1.165, 1.54) is 5.56 Å². The Balaban J connectivity index is 2.18. The van der Waals surface area contributed by atoms with E-state index >= 15 is 0 Å². The smallest absolute Gasteiger partial charge is 0.242 e. The molecular weight excluding hydrogens is 396 g/mol. The lowest BCUT2D eigenvalue weighted by Gasteiger charge is -2.31. The van der Waals surface area contributed by atoms with Gasteiger partial charge >= 0.3 is 0 Å². The monoisotopic (exact) mass is 436 g/mol. The van der Waals surface area contributed by atoms with Crippen LogP contribution in [0.1, 0.15) is 76.1 Å². The molecule has 1 atom stereocenters. The van der Waals surface area contributed by atoms with Crippen LogP contribution in [0.5, 0.6) is 0 Å². The van der Waals surface area contributed by atoms with Gasteiger partial charge in [0.15, 0.2) is 0 Å². The van der Waals surface area contributed by atoms with Crippen LogP contribution in [-0.4, -0.2) is 29.3 Å². The van der Waals surface area contributed by atoms with E-state index in [1.54, 1.807) is 4.90 Å². The van der Waals surface area contributed by atoms with Crippen LogP contribution in [0, 0.1) is 6.92 Å². The highest BCUT2D eigenvalue weighted by molar-refractivity contribution is 5.87. The Labute approximate surface area is 194 Å². The van der Waals surface area contributed by atoms with E-state index in [1.807, 2.05) is 45.0 Å². The molecule has 32 heavy (non-hydrogen) atoms. The maximum Gasteiger partial charge on any atom is 0.242 e. The highest BCUT2D eigenvalue weighted by Crippen LogP contribution is 2.23. The van der Waals surface area contributed by atoms with Crippen LogP contribution in [0.4, 0.5) is 0 Å². The number of hydrogen-bond acceptors (Lipinski definition) is 2. The quantitative estimate of drug-likeness (QED) is 0.530. The maximum atomic E-state index is 13.4. The molecule has 0 unspecified atom stereocenters. The highest BCUT2D eigenvalue weighted by atomic mass is 16.2. The second kappa shape index (κ2) is 11.8. The van der Waals surface area contributed by atoms with Gasteiger partial charge in [-0.05, 0) is 53.9 Å². The molecule has 0 fully saturated rings. The number of hydrogen-bond donors (Lipinski definition) is 1. The van der Waals surface area contributed by atoms with Crippen LogP contribution in [0.3, 0.4) is 0 Å². The van der Waals surface area contributed by atoms with Crippen LogP contribution >= 0.6 is 0 Å². The zero-order chi connectivity index (χ0) is 23.7. The summed E-state index contributed by atoms with van der Waals surface area (Å²) in [7, 11) is 0. The molecule has 2 aromatic carbocycles. The standard InChI is InChI=1S/C28H40N2O2/c1-7-19-29-27(32)25(8-2)30(20-23-12-10-9-11-21(23)3)26(31)18-15-22-13-16-24(17-14-22)28(4,5)6/h9-14,16-17,25H,7-8,15,18-20H2,1-6H3,(H,29,32)/t25-/m0/s1. The molecule has 4 nitrogen and oxygen atoms in total. The van der Waals surface area contributed by atoms with Crippen molar-refractivity contribution in [3.05, 3.63) is 70.8 Å². The lowest BCUT2D eigenvalue weighted by atomic mass is 9.86. The minimum Gasteiger partial charge on any atom is -0.354 e. The first kappa shape index (κ1) is 25.6. The van der Waals surface area contributed by atoms with Crippen molar-refractivity contribution in [1.82, 2.24) is 10.2 Å². The molecule has 0 aliphatic rings. The van der Waals surface area contributed by atoms with Crippen LogP contribution in [0.25, 0.3) is 0 Å². The van der Waals surface area contributed by atoms with Gasteiger partial charge in [-0.1, -0.05) is 83.1 Å². The van der Waals surface area contributed by atoms with Gasteiger partial charge in [0, 0.05) is 19.5 Å². The van der Waals surface area contributed by atoms with Crippen molar-refractivity contribution in [2.24, 2.45) is 0 Å². The van der Waals surface area contributed by atoms with Gasteiger partial charge in [-0.3, -0.25) is 9.59 Å². The molecule has 0 saturated carbocycles. The Morgan fingerprint density at radius 2 is 1.66 bits per heavy atom.